The Morgan fingerprint density at radius 2 is 2.11 bits per heavy atom. The minimum absolute atomic E-state index is 0.000300. The molecule has 1 unspecified atom stereocenters. The Morgan fingerprint density at radius 3 is 2.74 bits per heavy atom. The number of benzene rings is 1. The third-order valence-corrected chi connectivity index (χ3v) is 4.20. The molecule has 104 valence electrons. The summed E-state index contributed by atoms with van der Waals surface area (Å²) in [6, 6.07) is 6.13. The summed E-state index contributed by atoms with van der Waals surface area (Å²) in [5.74, 6) is 0.171. The summed E-state index contributed by atoms with van der Waals surface area (Å²) >= 11 is 3.56. The summed E-state index contributed by atoms with van der Waals surface area (Å²) in [5.41, 5.74) is 8.06. The highest BCUT2D eigenvalue weighted by atomic mass is 79.9. The maximum atomic E-state index is 11.9. The number of amides is 1. The van der Waals surface area contributed by atoms with Gasteiger partial charge in [0.2, 0.25) is 5.91 Å². The first-order chi connectivity index (χ1) is 8.99. The Kier molecular flexibility index (Phi) is 4.47. The fourth-order valence-corrected chi connectivity index (χ4v) is 3.02. The van der Waals surface area contributed by atoms with Crippen molar-refractivity contribution in [1.82, 2.24) is 4.90 Å². The van der Waals surface area contributed by atoms with Crippen LogP contribution < -0.4 is 10.6 Å². The zero-order chi connectivity index (χ0) is 14.0. The van der Waals surface area contributed by atoms with Gasteiger partial charge in [-0.2, -0.15) is 0 Å². The SMILES string of the molecule is CC(N)c1ccc(N2CCCN(C)C(=O)C2)cc1Br. The first-order valence-electron chi connectivity index (χ1n) is 6.53. The Bertz CT molecular complexity index is 476. The van der Waals surface area contributed by atoms with Gasteiger partial charge in [-0.05, 0) is 31.0 Å². The van der Waals surface area contributed by atoms with E-state index in [-0.39, 0.29) is 11.9 Å². The van der Waals surface area contributed by atoms with E-state index in [1.807, 2.05) is 26.1 Å². The minimum Gasteiger partial charge on any atom is -0.362 e. The van der Waals surface area contributed by atoms with Crippen LogP contribution in [0.5, 0.6) is 0 Å². The van der Waals surface area contributed by atoms with Crippen LogP contribution in [0.15, 0.2) is 22.7 Å². The van der Waals surface area contributed by atoms with Crippen molar-refractivity contribution in [2.24, 2.45) is 5.73 Å². The Balaban J connectivity index is 2.22. The van der Waals surface area contributed by atoms with E-state index in [0.717, 1.165) is 35.2 Å². The molecule has 4 nitrogen and oxygen atoms in total. The van der Waals surface area contributed by atoms with Gasteiger partial charge in [-0.25, -0.2) is 0 Å². The van der Waals surface area contributed by atoms with Gasteiger partial charge < -0.3 is 15.5 Å². The smallest absolute Gasteiger partial charge is 0.241 e. The molecule has 2 N–H and O–H groups in total. The van der Waals surface area contributed by atoms with Gasteiger partial charge in [0.15, 0.2) is 0 Å². The molecule has 0 radical (unpaired) electrons. The summed E-state index contributed by atoms with van der Waals surface area (Å²) in [4.78, 5) is 15.8. The summed E-state index contributed by atoms with van der Waals surface area (Å²) in [5, 5.41) is 0. The second-order valence-electron chi connectivity index (χ2n) is 5.08. The van der Waals surface area contributed by atoms with Gasteiger partial charge in [0.1, 0.15) is 0 Å². The van der Waals surface area contributed by atoms with Gasteiger partial charge in [-0.3, -0.25) is 4.79 Å². The summed E-state index contributed by atoms with van der Waals surface area (Å²) in [6.07, 6.45) is 0.995. The molecule has 1 atom stereocenters. The Hall–Kier alpha value is -1.07. The number of anilines is 1. The van der Waals surface area contributed by atoms with Gasteiger partial charge in [0.25, 0.3) is 0 Å². The lowest BCUT2D eigenvalue weighted by Crippen LogP contribution is -2.34. The predicted octanol–water partition coefficient (Wildman–Crippen LogP) is 2.14. The highest BCUT2D eigenvalue weighted by molar-refractivity contribution is 9.10. The standard InChI is InChI=1S/C14H20BrN3O/c1-10(16)12-5-4-11(8-13(12)15)18-7-3-6-17(2)14(19)9-18/h4-5,8,10H,3,6-7,9,16H2,1-2H3. The molecular formula is C14H20BrN3O. The predicted molar refractivity (Wildman–Crippen MR) is 81.2 cm³/mol. The van der Waals surface area contributed by atoms with Gasteiger partial charge in [-0.1, -0.05) is 22.0 Å². The molecule has 0 bridgehead atoms. The number of halogens is 1. The molecule has 1 amide bonds. The van der Waals surface area contributed by atoms with E-state index >= 15 is 0 Å². The highest BCUT2D eigenvalue weighted by Crippen LogP contribution is 2.28. The van der Waals surface area contributed by atoms with Crippen LogP contribution in [-0.4, -0.2) is 37.5 Å². The number of nitrogens with zero attached hydrogens (tertiary/aromatic N) is 2. The number of likely N-dealkylation sites (N-methyl/N-ethyl adjacent to an activating group) is 1. The average molecular weight is 326 g/mol. The van der Waals surface area contributed by atoms with E-state index in [2.05, 4.69) is 26.9 Å². The number of carbonyl (C=O) groups excluding carboxylic acids is 1. The molecule has 1 aromatic rings. The number of carbonyl (C=O) groups is 1. The van der Waals surface area contributed by atoms with Crippen LogP contribution in [0.3, 0.4) is 0 Å². The molecule has 2 rings (SSSR count). The lowest BCUT2D eigenvalue weighted by Gasteiger charge is -2.23. The van der Waals surface area contributed by atoms with Crippen LogP contribution in [0, 0.1) is 0 Å². The zero-order valence-corrected chi connectivity index (χ0v) is 13.0. The minimum atomic E-state index is 0.000300. The maximum absolute atomic E-state index is 11.9. The number of hydrogen-bond donors (Lipinski definition) is 1. The number of nitrogens with two attached hydrogens (primary N) is 1. The van der Waals surface area contributed by atoms with E-state index < -0.39 is 0 Å². The molecule has 1 fully saturated rings. The average Bonchev–Trinajstić information content (AvgIpc) is 2.51. The first kappa shape index (κ1) is 14.3. The third-order valence-electron chi connectivity index (χ3n) is 3.51. The maximum Gasteiger partial charge on any atom is 0.241 e. The molecular weight excluding hydrogens is 306 g/mol. The molecule has 0 saturated carbocycles. The molecule has 0 aromatic heterocycles. The zero-order valence-electron chi connectivity index (χ0n) is 11.4. The number of hydrogen-bond acceptors (Lipinski definition) is 3. The quantitative estimate of drug-likeness (QED) is 0.906. The van der Waals surface area contributed by atoms with E-state index in [1.54, 1.807) is 4.90 Å². The molecule has 0 spiro atoms. The molecule has 1 aliphatic rings. The first-order valence-corrected chi connectivity index (χ1v) is 7.32. The second-order valence-corrected chi connectivity index (χ2v) is 5.94. The fraction of sp³-hybridized carbons (Fsp3) is 0.500. The van der Waals surface area contributed by atoms with Crippen LogP contribution in [0.25, 0.3) is 0 Å². The molecule has 5 heteroatoms. The summed E-state index contributed by atoms with van der Waals surface area (Å²) in [7, 11) is 1.86. The molecule has 19 heavy (non-hydrogen) atoms. The van der Waals surface area contributed by atoms with Crippen molar-refractivity contribution in [2.45, 2.75) is 19.4 Å². The van der Waals surface area contributed by atoms with Crippen molar-refractivity contribution in [3.63, 3.8) is 0 Å². The van der Waals surface area contributed by atoms with Crippen molar-refractivity contribution >= 4 is 27.5 Å². The third kappa shape index (κ3) is 3.28. The van der Waals surface area contributed by atoms with Crippen molar-refractivity contribution < 1.29 is 4.79 Å². The van der Waals surface area contributed by atoms with E-state index in [1.165, 1.54) is 0 Å². The van der Waals surface area contributed by atoms with Gasteiger partial charge in [-0.15, -0.1) is 0 Å². The summed E-state index contributed by atoms with van der Waals surface area (Å²) in [6.45, 7) is 4.14. The monoisotopic (exact) mass is 325 g/mol. The van der Waals surface area contributed by atoms with Crippen LogP contribution >= 0.6 is 15.9 Å². The highest BCUT2D eigenvalue weighted by Gasteiger charge is 2.19. The van der Waals surface area contributed by atoms with E-state index in [9.17, 15) is 4.79 Å². The van der Waals surface area contributed by atoms with Crippen molar-refractivity contribution in [1.29, 1.82) is 0 Å². The molecule has 1 heterocycles. The van der Waals surface area contributed by atoms with Crippen molar-refractivity contribution in [2.75, 3.05) is 31.6 Å². The van der Waals surface area contributed by atoms with Crippen molar-refractivity contribution in [3.05, 3.63) is 28.2 Å². The lowest BCUT2D eigenvalue weighted by molar-refractivity contribution is -0.127. The van der Waals surface area contributed by atoms with Crippen LogP contribution in [-0.2, 0) is 4.79 Å². The molecule has 0 aliphatic carbocycles. The topological polar surface area (TPSA) is 49.6 Å². The normalized spacial score (nSPS) is 18.4. The molecule has 1 saturated heterocycles. The van der Waals surface area contributed by atoms with E-state index in [0.29, 0.717) is 6.54 Å². The van der Waals surface area contributed by atoms with Gasteiger partial charge in [0.05, 0.1) is 6.54 Å². The Morgan fingerprint density at radius 1 is 1.37 bits per heavy atom. The molecule has 1 aromatic carbocycles. The lowest BCUT2D eigenvalue weighted by atomic mass is 10.1. The fourth-order valence-electron chi connectivity index (χ4n) is 2.29. The van der Waals surface area contributed by atoms with E-state index in [4.69, 9.17) is 5.73 Å². The second kappa shape index (κ2) is 5.92. The van der Waals surface area contributed by atoms with Crippen LogP contribution in [0.2, 0.25) is 0 Å². The van der Waals surface area contributed by atoms with Gasteiger partial charge >= 0.3 is 0 Å². The van der Waals surface area contributed by atoms with Crippen molar-refractivity contribution in [3.8, 4) is 0 Å². The number of rotatable bonds is 2. The van der Waals surface area contributed by atoms with Gasteiger partial charge in [0, 0.05) is 36.3 Å². The Labute approximate surface area is 122 Å². The van der Waals surface area contributed by atoms with Crippen LogP contribution in [0.1, 0.15) is 24.9 Å². The van der Waals surface area contributed by atoms with Crippen LogP contribution in [0.4, 0.5) is 5.69 Å². The largest absolute Gasteiger partial charge is 0.362 e. The summed E-state index contributed by atoms with van der Waals surface area (Å²) < 4.78 is 1.00. The molecule has 1 aliphatic heterocycles.